The Bertz CT molecular complexity index is 1170. The molecular formula is C21H14ClN3O4. The summed E-state index contributed by atoms with van der Waals surface area (Å²) in [5.74, 6) is 0.0577. The molecule has 144 valence electrons. The zero-order chi connectivity index (χ0) is 21.0. The van der Waals surface area contributed by atoms with Crippen LogP contribution in [0.4, 0.5) is 11.4 Å². The zero-order valence-electron chi connectivity index (χ0n) is 15.2. The number of anilines is 1. The van der Waals surface area contributed by atoms with Crippen molar-refractivity contribution in [2.24, 2.45) is 0 Å². The van der Waals surface area contributed by atoms with Gasteiger partial charge in [0, 0.05) is 29.5 Å². The molecule has 0 atom stereocenters. The molecule has 0 saturated heterocycles. The maximum Gasteiger partial charge on any atom is 0.270 e. The van der Waals surface area contributed by atoms with Crippen molar-refractivity contribution in [3.05, 3.63) is 86.6 Å². The average molecular weight is 408 g/mol. The minimum Gasteiger partial charge on any atom is -0.457 e. The number of rotatable bonds is 5. The van der Waals surface area contributed by atoms with Gasteiger partial charge in [-0.3, -0.25) is 14.9 Å². The van der Waals surface area contributed by atoms with Gasteiger partial charge in [0.1, 0.15) is 23.2 Å². The minimum atomic E-state index is -0.565. The second-order valence-electron chi connectivity index (χ2n) is 6.12. The van der Waals surface area contributed by atoms with Crippen LogP contribution in [0.1, 0.15) is 11.3 Å². The molecule has 29 heavy (non-hydrogen) atoms. The second-order valence-corrected chi connectivity index (χ2v) is 6.52. The first-order chi connectivity index (χ1) is 13.9. The molecule has 1 N–H and O–H groups in total. The Morgan fingerprint density at radius 3 is 2.69 bits per heavy atom. The van der Waals surface area contributed by atoms with Crippen LogP contribution in [0.15, 0.2) is 64.6 Å². The molecule has 1 amide bonds. The molecule has 0 aliphatic heterocycles. The summed E-state index contributed by atoms with van der Waals surface area (Å²) in [5.41, 5.74) is 1.74. The third kappa shape index (κ3) is 4.69. The molecule has 2 aromatic carbocycles. The Hall–Kier alpha value is -3.89. The van der Waals surface area contributed by atoms with E-state index < -0.39 is 10.8 Å². The number of hydrogen-bond donors (Lipinski definition) is 1. The van der Waals surface area contributed by atoms with E-state index in [-0.39, 0.29) is 22.0 Å². The highest BCUT2D eigenvalue weighted by atomic mass is 35.5. The Balaban J connectivity index is 1.83. The number of benzene rings is 2. The predicted molar refractivity (Wildman–Crippen MR) is 109 cm³/mol. The highest BCUT2D eigenvalue weighted by Gasteiger charge is 2.15. The van der Waals surface area contributed by atoms with Crippen molar-refractivity contribution in [2.75, 3.05) is 5.32 Å². The second kappa shape index (κ2) is 8.42. The lowest BCUT2D eigenvalue weighted by molar-refractivity contribution is -0.384. The molecule has 0 spiro atoms. The summed E-state index contributed by atoms with van der Waals surface area (Å²) in [6.07, 6.45) is 1.31. The van der Waals surface area contributed by atoms with Gasteiger partial charge < -0.3 is 9.73 Å². The van der Waals surface area contributed by atoms with Crippen LogP contribution in [-0.2, 0) is 4.79 Å². The van der Waals surface area contributed by atoms with E-state index in [0.717, 1.165) is 5.56 Å². The molecule has 1 heterocycles. The Kier molecular flexibility index (Phi) is 5.77. The lowest BCUT2D eigenvalue weighted by Gasteiger charge is -2.04. The van der Waals surface area contributed by atoms with Crippen molar-refractivity contribution in [3.63, 3.8) is 0 Å². The van der Waals surface area contributed by atoms with E-state index in [4.69, 9.17) is 16.0 Å². The molecular weight excluding hydrogens is 394 g/mol. The van der Waals surface area contributed by atoms with Gasteiger partial charge in [0.2, 0.25) is 0 Å². The number of furan rings is 1. The molecule has 8 heteroatoms. The normalized spacial score (nSPS) is 11.0. The maximum atomic E-state index is 12.4. The fraction of sp³-hybridized carbons (Fsp3) is 0.0476. The summed E-state index contributed by atoms with van der Waals surface area (Å²) in [6.45, 7) is 1.89. The van der Waals surface area contributed by atoms with Crippen molar-refractivity contribution < 1.29 is 14.1 Å². The largest absolute Gasteiger partial charge is 0.457 e. The summed E-state index contributed by atoms with van der Waals surface area (Å²) in [7, 11) is 0. The maximum absolute atomic E-state index is 12.4. The third-order valence-corrected chi connectivity index (χ3v) is 4.30. The van der Waals surface area contributed by atoms with Gasteiger partial charge in [0.15, 0.2) is 0 Å². The summed E-state index contributed by atoms with van der Waals surface area (Å²) in [5, 5.41) is 23.0. The molecule has 0 saturated carbocycles. The number of hydrogen-bond acceptors (Lipinski definition) is 5. The fourth-order valence-electron chi connectivity index (χ4n) is 2.60. The van der Waals surface area contributed by atoms with E-state index in [1.54, 1.807) is 30.3 Å². The summed E-state index contributed by atoms with van der Waals surface area (Å²) in [6, 6.07) is 16.2. The Morgan fingerprint density at radius 2 is 2.03 bits per heavy atom. The van der Waals surface area contributed by atoms with Crippen molar-refractivity contribution in [1.29, 1.82) is 5.26 Å². The summed E-state index contributed by atoms with van der Waals surface area (Å²) >= 11 is 6.11. The lowest BCUT2D eigenvalue weighted by atomic mass is 10.1. The summed E-state index contributed by atoms with van der Waals surface area (Å²) < 4.78 is 5.64. The van der Waals surface area contributed by atoms with E-state index >= 15 is 0 Å². The first-order valence-electron chi connectivity index (χ1n) is 8.41. The number of amides is 1. The number of nitro benzene ring substituents is 1. The predicted octanol–water partition coefficient (Wildman–Crippen LogP) is 5.36. The van der Waals surface area contributed by atoms with Crippen molar-refractivity contribution in [3.8, 4) is 17.4 Å². The molecule has 0 fully saturated rings. The topological polar surface area (TPSA) is 109 Å². The van der Waals surface area contributed by atoms with Crippen LogP contribution < -0.4 is 5.32 Å². The zero-order valence-corrected chi connectivity index (χ0v) is 15.9. The van der Waals surface area contributed by atoms with Gasteiger partial charge in [-0.15, -0.1) is 0 Å². The van der Waals surface area contributed by atoms with E-state index in [2.05, 4.69) is 5.32 Å². The Morgan fingerprint density at radius 1 is 1.24 bits per heavy atom. The lowest BCUT2D eigenvalue weighted by Crippen LogP contribution is -2.13. The number of carbonyl (C=O) groups excluding carboxylic acids is 1. The standard InChI is InChI=1S/C21H14ClN3O4/c1-13-3-2-4-15(9-13)24-21(26)14(12-23)10-17-6-8-20(29-17)18-7-5-16(25(27)28)11-19(18)22/h2-11H,1H3,(H,24,26)/b14-10-. The number of nitro groups is 1. The molecule has 7 nitrogen and oxygen atoms in total. The number of nitrogens with zero attached hydrogens (tertiary/aromatic N) is 2. The molecule has 3 rings (SSSR count). The van der Waals surface area contributed by atoms with Crippen LogP contribution in [0.2, 0.25) is 5.02 Å². The van der Waals surface area contributed by atoms with Gasteiger partial charge in [-0.25, -0.2) is 0 Å². The molecule has 1 aromatic heterocycles. The first-order valence-corrected chi connectivity index (χ1v) is 8.79. The van der Waals surface area contributed by atoms with Crippen molar-refractivity contribution in [2.45, 2.75) is 6.92 Å². The smallest absolute Gasteiger partial charge is 0.270 e. The van der Waals surface area contributed by atoms with Gasteiger partial charge in [-0.05, 0) is 42.8 Å². The van der Waals surface area contributed by atoms with Crippen LogP contribution in [0.5, 0.6) is 0 Å². The highest BCUT2D eigenvalue weighted by Crippen LogP contribution is 2.32. The number of non-ortho nitro benzene ring substituents is 1. The van der Waals surface area contributed by atoms with Gasteiger partial charge in [0.25, 0.3) is 11.6 Å². The minimum absolute atomic E-state index is 0.134. The van der Waals surface area contributed by atoms with Crippen LogP contribution >= 0.6 is 11.6 Å². The van der Waals surface area contributed by atoms with Gasteiger partial charge in [-0.1, -0.05) is 23.7 Å². The van der Waals surface area contributed by atoms with E-state index in [1.165, 1.54) is 24.3 Å². The number of halogens is 1. The van der Waals surface area contributed by atoms with Crippen LogP contribution in [-0.4, -0.2) is 10.8 Å². The molecule has 0 bridgehead atoms. The monoisotopic (exact) mass is 407 g/mol. The number of nitriles is 1. The number of nitrogens with one attached hydrogen (secondary N) is 1. The molecule has 3 aromatic rings. The van der Waals surface area contributed by atoms with Crippen molar-refractivity contribution in [1.82, 2.24) is 0 Å². The first kappa shape index (κ1) is 19.9. The van der Waals surface area contributed by atoms with E-state index in [0.29, 0.717) is 17.0 Å². The molecule has 0 unspecified atom stereocenters. The average Bonchev–Trinajstić information content (AvgIpc) is 3.14. The molecule has 0 radical (unpaired) electrons. The van der Waals surface area contributed by atoms with Gasteiger partial charge in [0.05, 0.1) is 9.95 Å². The van der Waals surface area contributed by atoms with E-state index in [9.17, 15) is 20.2 Å². The Labute approximate surface area is 171 Å². The van der Waals surface area contributed by atoms with E-state index in [1.807, 2.05) is 19.1 Å². The molecule has 0 aliphatic rings. The quantitative estimate of drug-likeness (QED) is 0.265. The van der Waals surface area contributed by atoms with Crippen LogP contribution in [0, 0.1) is 28.4 Å². The molecule has 0 aliphatic carbocycles. The number of carbonyl (C=O) groups is 1. The van der Waals surface area contributed by atoms with Crippen LogP contribution in [0.25, 0.3) is 17.4 Å². The van der Waals surface area contributed by atoms with Gasteiger partial charge >= 0.3 is 0 Å². The summed E-state index contributed by atoms with van der Waals surface area (Å²) in [4.78, 5) is 22.6. The van der Waals surface area contributed by atoms with Crippen LogP contribution in [0.3, 0.4) is 0 Å². The third-order valence-electron chi connectivity index (χ3n) is 3.98. The van der Waals surface area contributed by atoms with Crippen molar-refractivity contribution >= 4 is 35.0 Å². The number of aryl methyl sites for hydroxylation is 1. The van der Waals surface area contributed by atoms with Gasteiger partial charge in [-0.2, -0.15) is 5.26 Å². The SMILES string of the molecule is Cc1cccc(NC(=O)/C(C#N)=C\c2ccc(-c3ccc([N+](=O)[O-])cc3Cl)o2)c1. The fourth-order valence-corrected chi connectivity index (χ4v) is 2.87. The highest BCUT2D eigenvalue weighted by molar-refractivity contribution is 6.33.